The first-order valence-electron chi connectivity index (χ1n) is 10.2. The SMILES string of the molecule is COc1cccc(OC)c1-n1c(-c2ccc(C)o2)nnc1N(CCSI)SCC1(O)COC1. The van der Waals surface area contributed by atoms with E-state index in [2.05, 4.69) is 31.4 Å². The first-order chi connectivity index (χ1) is 16.0. The van der Waals surface area contributed by atoms with Gasteiger partial charge in [-0.05, 0) is 64.3 Å². The monoisotopic (exact) mass is 604 g/mol. The van der Waals surface area contributed by atoms with Crippen LogP contribution in [0, 0.1) is 6.92 Å². The van der Waals surface area contributed by atoms with E-state index in [-0.39, 0.29) is 0 Å². The summed E-state index contributed by atoms with van der Waals surface area (Å²) in [6, 6.07) is 9.36. The van der Waals surface area contributed by atoms with Gasteiger partial charge in [0.25, 0.3) is 0 Å². The molecule has 1 saturated heterocycles. The molecule has 0 aliphatic carbocycles. The minimum absolute atomic E-state index is 0.332. The minimum Gasteiger partial charge on any atom is -0.494 e. The van der Waals surface area contributed by atoms with Crippen LogP contribution in [-0.2, 0) is 4.74 Å². The Hall–Kier alpha value is -1.61. The summed E-state index contributed by atoms with van der Waals surface area (Å²) < 4.78 is 26.4. The second kappa shape index (κ2) is 10.8. The van der Waals surface area contributed by atoms with Crippen molar-refractivity contribution in [1.82, 2.24) is 14.8 Å². The van der Waals surface area contributed by atoms with Crippen molar-refractivity contribution in [3.05, 3.63) is 36.1 Å². The molecule has 1 N–H and O–H groups in total. The van der Waals surface area contributed by atoms with Crippen LogP contribution in [0.15, 0.2) is 34.7 Å². The van der Waals surface area contributed by atoms with Gasteiger partial charge in [0.1, 0.15) is 28.5 Å². The molecule has 9 nitrogen and oxygen atoms in total. The number of aliphatic hydroxyl groups is 1. The zero-order valence-electron chi connectivity index (χ0n) is 18.5. The summed E-state index contributed by atoms with van der Waals surface area (Å²) in [5, 5.41) is 19.6. The van der Waals surface area contributed by atoms with Crippen molar-refractivity contribution in [3.8, 4) is 28.8 Å². The zero-order valence-corrected chi connectivity index (χ0v) is 22.3. The minimum atomic E-state index is -0.839. The van der Waals surface area contributed by atoms with Crippen molar-refractivity contribution < 1.29 is 23.7 Å². The second-order valence-corrected chi connectivity index (χ2v) is 11.0. The standard InChI is InChI=1S/C21H25IN4O5S2/c1-14-7-8-17(31-14)19-23-24-20(25(9-10-32-22)33-13-21(27)11-30-12-21)26(19)18-15(28-2)5-4-6-16(18)29-3/h4-8,27H,9-13H2,1-3H3. The summed E-state index contributed by atoms with van der Waals surface area (Å²) in [5.41, 5.74) is -0.168. The normalized spacial score (nSPS) is 14.7. The van der Waals surface area contributed by atoms with Gasteiger partial charge in [0.05, 0.1) is 27.4 Å². The van der Waals surface area contributed by atoms with E-state index in [9.17, 15) is 5.11 Å². The number of rotatable bonds is 11. The lowest BCUT2D eigenvalue weighted by Gasteiger charge is -2.37. The highest BCUT2D eigenvalue weighted by molar-refractivity contribution is 14.2. The molecule has 0 spiro atoms. The fourth-order valence-electron chi connectivity index (χ4n) is 3.37. The van der Waals surface area contributed by atoms with Gasteiger partial charge in [-0.25, -0.2) is 0 Å². The van der Waals surface area contributed by atoms with E-state index in [1.165, 1.54) is 11.9 Å². The number of aromatic nitrogens is 3. The van der Waals surface area contributed by atoms with E-state index >= 15 is 0 Å². The van der Waals surface area contributed by atoms with Crippen molar-refractivity contribution in [1.29, 1.82) is 0 Å². The van der Waals surface area contributed by atoms with Gasteiger partial charge in [-0.3, -0.25) is 8.87 Å². The number of anilines is 1. The van der Waals surface area contributed by atoms with Gasteiger partial charge in [0.2, 0.25) is 11.8 Å². The van der Waals surface area contributed by atoms with Crippen LogP contribution in [0.2, 0.25) is 0 Å². The van der Waals surface area contributed by atoms with Crippen molar-refractivity contribution in [2.24, 2.45) is 0 Å². The van der Waals surface area contributed by atoms with E-state index in [0.717, 1.165) is 11.5 Å². The third-order valence-electron chi connectivity index (χ3n) is 5.06. The largest absolute Gasteiger partial charge is 0.494 e. The fourth-order valence-corrected chi connectivity index (χ4v) is 5.34. The Labute approximate surface area is 212 Å². The van der Waals surface area contributed by atoms with Crippen LogP contribution < -0.4 is 13.8 Å². The number of furan rings is 1. The van der Waals surface area contributed by atoms with Crippen LogP contribution in [0.25, 0.3) is 17.3 Å². The molecule has 0 bridgehead atoms. The lowest BCUT2D eigenvalue weighted by molar-refractivity contribution is -0.162. The molecule has 3 heterocycles. The van der Waals surface area contributed by atoms with Crippen molar-refractivity contribution >= 4 is 48.0 Å². The Morgan fingerprint density at radius 3 is 2.45 bits per heavy atom. The summed E-state index contributed by atoms with van der Waals surface area (Å²) in [7, 11) is 4.93. The molecule has 0 atom stereocenters. The van der Waals surface area contributed by atoms with Crippen LogP contribution in [0.4, 0.5) is 5.95 Å². The first kappa shape index (κ1) is 24.5. The van der Waals surface area contributed by atoms with Crippen LogP contribution in [0.1, 0.15) is 5.76 Å². The molecular weight excluding hydrogens is 579 g/mol. The summed E-state index contributed by atoms with van der Waals surface area (Å²) in [6.45, 7) is 3.23. The van der Waals surface area contributed by atoms with E-state index < -0.39 is 5.60 Å². The smallest absolute Gasteiger partial charge is 0.242 e. The van der Waals surface area contributed by atoms with Crippen molar-refractivity contribution in [3.63, 3.8) is 0 Å². The summed E-state index contributed by atoms with van der Waals surface area (Å²) in [6.07, 6.45) is 0. The molecule has 178 valence electrons. The number of hydrogen-bond donors (Lipinski definition) is 1. The maximum Gasteiger partial charge on any atom is 0.242 e. The number of halogens is 1. The maximum absolute atomic E-state index is 10.6. The molecular formula is C21H25IN4O5S2. The maximum atomic E-state index is 10.6. The first-order valence-corrected chi connectivity index (χ1v) is 14.6. The third-order valence-corrected chi connectivity index (χ3v) is 8.04. The van der Waals surface area contributed by atoms with E-state index in [4.69, 9.17) is 18.6 Å². The van der Waals surface area contributed by atoms with Gasteiger partial charge < -0.3 is 23.7 Å². The predicted octanol–water partition coefficient (Wildman–Crippen LogP) is 4.15. The Balaban J connectivity index is 1.85. The molecule has 0 amide bonds. The van der Waals surface area contributed by atoms with Crippen LogP contribution in [0.5, 0.6) is 11.5 Å². The fraction of sp³-hybridized carbons (Fsp3) is 0.429. The molecule has 0 unspecified atom stereocenters. The van der Waals surface area contributed by atoms with Gasteiger partial charge in [0.15, 0.2) is 5.76 Å². The molecule has 1 fully saturated rings. The Kier molecular flexibility index (Phi) is 7.99. The number of methoxy groups -OCH3 is 2. The third kappa shape index (κ3) is 5.24. The van der Waals surface area contributed by atoms with E-state index in [0.29, 0.717) is 60.2 Å². The van der Waals surface area contributed by atoms with E-state index in [1.54, 1.807) is 23.2 Å². The Morgan fingerprint density at radius 2 is 1.91 bits per heavy atom. The van der Waals surface area contributed by atoms with Gasteiger partial charge >= 0.3 is 0 Å². The van der Waals surface area contributed by atoms with Crippen LogP contribution >= 0.6 is 42.1 Å². The van der Waals surface area contributed by atoms with Crippen molar-refractivity contribution in [2.75, 3.05) is 49.8 Å². The number of benzene rings is 1. The topological polar surface area (TPSA) is 95.0 Å². The average Bonchev–Trinajstić information content (AvgIpc) is 3.43. The highest BCUT2D eigenvalue weighted by Gasteiger charge is 2.37. The molecule has 12 heteroatoms. The molecule has 2 aromatic heterocycles. The lowest BCUT2D eigenvalue weighted by Crippen LogP contribution is -2.52. The van der Waals surface area contributed by atoms with Gasteiger partial charge in [-0.15, -0.1) is 10.2 Å². The van der Waals surface area contributed by atoms with Crippen LogP contribution in [-0.4, -0.2) is 71.0 Å². The summed E-state index contributed by atoms with van der Waals surface area (Å²) >= 11 is 3.77. The van der Waals surface area contributed by atoms with Gasteiger partial charge in [-0.1, -0.05) is 15.0 Å². The molecule has 0 saturated carbocycles. The zero-order chi connectivity index (χ0) is 23.4. The van der Waals surface area contributed by atoms with Gasteiger partial charge in [-0.2, -0.15) is 0 Å². The number of aryl methyl sites for hydroxylation is 1. The molecule has 0 radical (unpaired) electrons. The second-order valence-electron chi connectivity index (χ2n) is 7.49. The number of nitrogens with zero attached hydrogens (tertiary/aromatic N) is 4. The molecule has 1 aliphatic rings. The van der Waals surface area contributed by atoms with E-state index in [1.807, 2.05) is 46.1 Å². The molecule has 1 aromatic carbocycles. The summed E-state index contributed by atoms with van der Waals surface area (Å²) in [4.78, 5) is 0. The molecule has 33 heavy (non-hydrogen) atoms. The average molecular weight is 604 g/mol. The highest BCUT2D eigenvalue weighted by atomic mass is 127. The predicted molar refractivity (Wildman–Crippen MR) is 139 cm³/mol. The number of hydrogen-bond acceptors (Lipinski definition) is 10. The molecule has 4 rings (SSSR count). The summed E-state index contributed by atoms with van der Waals surface area (Å²) in [5.74, 6) is 5.02. The Morgan fingerprint density at radius 1 is 1.18 bits per heavy atom. The molecule has 1 aliphatic heterocycles. The quantitative estimate of drug-likeness (QED) is 0.254. The van der Waals surface area contributed by atoms with Gasteiger partial charge in [0, 0.05) is 18.1 Å². The van der Waals surface area contributed by atoms with Crippen molar-refractivity contribution in [2.45, 2.75) is 12.5 Å². The molecule has 3 aromatic rings. The van der Waals surface area contributed by atoms with Crippen LogP contribution in [0.3, 0.4) is 0 Å². The Bertz CT molecular complexity index is 1070. The number of para-hydroxylation sites is 1. The highest BCUT2D eigenvalue weighted by Crippen LogP contribution is 2.40. The lowest BCUT2D eigenvalue weighted by atomic mass is 10.1. The number of ether oxygens (including phenoxy) is 3.